The van der Waals surface area contributed by atoms with Gasteiger partial charge in [-0.05, 0) is 56.8 Å². The van der Waals surface area contributed by atoms with Crippen LogP contribution in [-0.2, 0) is 10.0 Å². The van der Waals surface area contributed by atoms with Gasteiger partial charge in [-0.15, -0.1) is 0 Å². The Balaban J connectivity index is 2.37. The average Bonchev–Trinajstić information content (AvgIpc) is 2.64. The SMILES string of the molecule is CN(C1CCCCCC1)S(=O)(=O)c1c(Br)cc(F)cc1Br. The van der Waals surface area contributed by atoms with Crippen molar-refractivity contribution in [2.45, 2.75) is 49.5 Å². The van der Waals surface area contributed by atoms with Crippen LogP contribution in [0.15, 0.2) is 26.0 Å². The summed E-state index contributed by atoms with van der Waals surface area (Å²) >= 11 is 6.33. The summed E-state index contributed by atoms with van der Waals surface area (Å²) < 4.78 is 41.0. The second-order valence-electron chi connectivity index (χ2n) is 5.37. The lowest BCUT2D eigenvalue weighted by Crippen LogP contribution is -2.37. The molecule has 118 valence electrons. The van der Waals surface area contributed by atoms with Crippen LogP contribution in [0.3, 0.4) is 0 Å². The summed E-state index contributed by atoms with van der Waals surface area (Å²) in [4.78, 5) is 0.0932. The lowest BCUT2D eigenvalue weighted by atomic mass is 10.1. The zero-order valence-corrected chi connectivity index (χ0v) is 15.8. The van der Waals surface area contributed by atoms with Gasteiger partial charge in [-0.1, -0.05) is 25.7 Å². The molecule has 0 radical (unpaired) electrons. The zero-order chi connectivity index (χ0) is 15.6. The molecule has 0 spiro atoms. The van der Waals surface area contributed by atoms with E-state index in [4.69, 9.17) is 0 Å². The molecular formula is C14H18Br2FNO2S. The third kappa shape index (κ3) is 3.86. The van der Waals surface area contributed by atoms with E-state index in [0.29, 0.717) is 0 Å². The first-order valence-electron chi connectivity index (χ1n) is 6.96. The normalized spacial score (nSPS) is 18.0. The largest absolute Gasteiger partial charge is 0.245 e. The van der Waals surface area contributed by atoms with Crippen LogP contribution in [0, 0.1) is 5.82 Å². The van der Waals surface area contributed by atoms with Crippen LogP contribution in [0.25, 0.3) is 0 Å². The number of sulfonamides is 1. The fraction of sp³-hybridized carbons (Fsp3) is 0.571. The Bertz CT molecular complexity index is 590. The molecule has 0 amide bonds. The first-order chi connectivity index (χ1) is 9.84. The molecule has 1 aliphatic rings. The van der Waals surface area contributed by atoms with E-state index in [-0.39, 0.29) is 19.9 Å². The van der Waals surface area contributed by atoms with E-state index in [1.165, 1.54) is 16.4 Å². The van der Waals surface area contributed by atoms with Gasteiger partial charge in [-0.2, -0.15) is 4.31 Å². The number of rotatable bonds is 3. The summed E-state index contributed by atoms with van der Waals surface area (Å²) in [5.74, 6) is -0.482. The second kappa shape index (κ2) is 7.06. The van der Waals surface area contributed by atoms with E-state index in [2.05, 4.69) is 31.9 Å². The predicted molar refractivity (Wildman–Crippen MR) is 88.2 cm³/mol. The number of benzene rings is 1. The molecule has 0 heterocycles. The second-order valence-corrected chi connectivity index (χ2v) is 9.01. The number of halogens is 3. The van der Waals surface area contributed by atoms with Crippen molar-refractivity contribution in [1.82, 2.24) is 4.31 Å². The molecule has 1 aliphatic carbocycles. The molecule has 0 aromatic heterocycles. The summed E-state index contributed by atoms with van der Waals surface area (Å²) in [7, 11) is -2.04. The van der Waals surface area contributed by atoms with Crippen molar-refractivity contribution in [2.24, 2.45) is 0 Å². The summed E-state index contributed by atoms with van der Waals surface area (Å²) in [6, 6.07) is 2.37. The Kier molecular flexibility index (Phi) is 5.84. The molecule has 0 atom stereocenters. The van der Waals surface area contributed by atoms with Crippen LogP contribution in [0.5, 0.6) is 0 Å². The van der Waals surface area contributed by atoms with Gasteiger partial charge in [-0.25, -0.2) is 12.8 Å². The molecule has 1 fully saturated rings. The highest BCUT2D eigenvalue weighted by Crippen LogP contribution is 2.35. The van der Waals surface area contributed by atoms with Crippen molar-refractivity contribution in [3.8, 4) is 0 Å². The van der Waals surface area contributed by atoms with E-state index in [9.17, 15) is 12.8 Å². The molecule has 0 unspecified atom stereocenters. The Morgan fingerprint density at radius 3 is 2.05 bits per heavy atom. The molecule has 3 nitrogen and oxygen atoms in total. The summed E-state index contributed by atoms with van der Waals surface area (Å²) in [5, 5.41) is 0. The molecular weight excluding hydrogens is 425 g/mol. The first kappa shape index (κ1) is 17.4. The van der Waals surface area contributed by atoms with E-state index in [1.807, 2.05) is 0 Å². The van der Waals surface area contributed by atoms with Gasteiger partial charge in [0.05, 0.1) is 0 Å². The van der Waals surface area contributed by atoms with Gasteiger partial charge in [0.1, 0.15) is 10.7 Å². The zero-order valence-electron chi connectivity index (χ0n) is 11.8. The maximum atomic E-state index is 13.3. The van der Waals surface area contributed by atoms with Gasteiger partial charge in [0.25, 0.3) is 0 Å². The van der Waals surface area contributed by atoms with Crippen LogP contribution in [0.4, 0.5) is 4.39 Å². The van der Waals surface area contributed by atoms with Crippen LogP contribution in [-0.4, -0.2) is 25.8 Å². The highest BCUT2D eigenvalue weighted by Gasteiger charge is 2.31. The fourth-order valence-corrected chi connectivity index (χ4v) is 6.60. The van der Waals surface area contributed by atoms with E-state index < -0.39 is 15.8 Å². The van der Waals surface area contributed by atoms with Crippen molar-refractivity contribution in [2.75, 3.05) is 7.05 Å². The van der Waals surface area contributed by atoms with Crippen molar-refractivity contribution < 1.29 is 12.8 Å². The quantitative estimate of drug-likeness (QED) is 0.636. The minimum atomic E-state index is -3.66. The smallest absolute Gasteiger partial charge is 0.207 e. The molecule has 0 bridgehead atoms. The maximum Gasteiger partial charge on any atom is 0.245 e. The van der Waals surface area contributed by atoms with Crippen molar-refractivity contribution in [3.05, 3.63) is 26.9 Å². The Morgan fingerprint density at radius 2 is 1.57 bits per heavy atom. The summed E-state index contributed by atoms with van der Waals surface area (Å²) in [6.07, 6.45) is 6.19. The van der Waals surface area contributed by atoms with E-state index >= 15 is 0 Å². The minimum Gasteiger partial charge on any atom is -0.207 e. The molecule has 0 aliphatic heterocycles. The third-order valence-corrected chi connectivity index (χ3v) is 7.73. The molecule has 0 saturated heterocycles. The van der Waals surface area contributed by atoms with Gasteiger partial charge < -0.3 is 0 Å². The Labute approximate surface area is 142 Å². The molecule has 21 heavy (non-hydrogen) atoms. The number of nitrogens with zero attached hydrogens (tertiary/aromatic N) is 1. The Morgan fingerprint density at radius 1 is 1.10 bits per heavy atom. The van der Waals surface area contributed by atoms with Crippen LogP contribution in [0.2, 0.25) is 0 Å². The highest BCUT2D eigenvalue weighted by atomic mass is 79.9. The lowest BCUT2D eigenvalue weighted by molar-refractivity contribution is 0.335. The van der Waals surface area contributed by atoms with Gasteiger partial charge in [0, 0.05) is 22.0 Å². The molecule has 1 aromatic rings. The highest BCUT2D eigenvalue weighted by molar-refractivity contribution is 9.11. The van der Waals surface area contributed by atoms with Gasteiger partial charge in [0.15, 0.2) is 0 Å². The van der Waals surface area contributed by atoms with E-state index in [1.54, 1.807) is 7.05 Å². The number of hydrogen-bond acceptors (Lipinski definition) is 2. The van der Waals surface area contributed by atoms with Crippen molar-refractivity contribution in [1.29, 1.82) is 0 Å². The van der Waals surface area contributed by atoms with Crippen LogP contribution >= 0.6 is 31.9 Å². The van der Waals surface area contributed by atoms with Gasteiger partial charge in [0.2, 0.25) is 10.0 Å². The number of hydrogen-bond donors (Lipinski definition) is 0. The molecule has 7 heteroatoms. The topological polar surface area (TPSA) is 37.4 Å². The first-order valence-corrected chi connectivity index (χ1v) is 9.99. The van der Waals surface area contributed by atoms with Crippen LogP contribution in [0.1, 0.15) is 38.5 Å². The lowest BCUT2D eigenvalue weighted by Gasteiger charge is -2.27. The maximum absolute atomic E-state index is 13.3. The molecule has 2 rings (SSSR count). The monoisotopic (exact) mass is 441 g/mol. The predicted octanol–water partition coefficient (Wildman–Crippen LogP) is 4.69. The average molecular weight is 443 g/mol. The standard InChI is InChI=1S/C14H18Br2FNO2S/c1-18(11-6-4-2-3-5-7-11)21(19,20)14-12(15)8-10(17)9-13(14)16/h8-9,11H,2-7H2,1H3. The van der Waals surface area contributed by atoms with Gasteiger partial charge in [-0.3, -0.25) is 0 Å². The molecule has 1 saturated carbocycles. The third-order valence-electron chi connectivity index (χ3n) is 3.94. The van der Waals surface area contributed by atoms with Crippen molar-refractivity contribution in [3.63, 3.8) is 0 Å². The minimum absolute atomic E-state index is 0.0151. The van der Waals surface area contributed by atoms with Gasteiger partial charge >= 0.3 is 0 Å². The molecule has 1 aromatic carbocycles. The van der Waals surface area contributed by atoms with Crippen molar-refractivity contribution >= 4 is 41.9 Å². The van der Waals surface area contributed by atoms with E-state index in [0.717, 1.165) is 38.5 Å². The Hall–Kier alpha value is 0.0200. The molecule has 0 N–H and O–H groups in total. The van der Waals surface area contributed by atoms with Crippen LogP contribution < -0.4 is 0 Å². The fourth-order valence-electron chi connectivity index (χ4n) is 2.74. The summed E-state index contributed by atoms with van der Waals surface area (Å²) in [5.41, 5.74) is 0. The summed E-state index contributed by atoms with van der Waals surface area (Å²) in [6.45, 7) is 0.